The first-order chi connectivity index (χ1) is 16.2. The van der Waals surface area contributed by atoms with Crippen molar-refractivity contribution in [2.75, 3.05) is 39.3 Å². The highest BCUT2D eigenvalue weighted by Gasteiger charge is 2.44. The average molecular weight is 503 g/mol. The fraction of sp³-hybridized carbons (Fsp3) is 0.957. The van der Waals surface area contributed by atoms with E-state index in [0.717, 1.165) is 38.9 Å². The lowest BCUT2D eigenvalue weighted by Gasteiger charge is -2.41. The number of carbonyl (C=O) groups is 1. The molecule has 0 spiro atoms. The molecule has 4 N–H and O–H groups in total. The molecule has 196 valence electrons. The topological polar surface area (TPSA) is 131 Å². The molecule has 0 aromatic heterocycles. The molecule has 4 aliphatic rings. The minimum absolute atomic E-state index is 0.0241. The molecule has 5 atom stereocenters. The van der Waals surface area contributed by atoms with Gasteiger partial charge in [0.2, 0.25) is 15.9 Å². The first-order valence-corrected chi connectivity index (χ1v) is 14.5. The van der Waals surface area contributed by atoms with Crippen LogP contribution in [0.1, 0.15) is 58.3 Å². The Balaban J connectivity index is 1.22. The molecule has 3 aliphatic heterocycles. The third kappa shape index (κ3) is 6.29. The molecular weight excluding hydrogens is 460 g/mol. The summed E-state index contributed by atoms with van der Waals surface area (Å²) in [5, 5.41) is 24.0. The molecule has 4 fully saturated rings. The van der Waals surface area contributed by atoms with Gasteiger partial charge in [0.1, 0.15) is 18.3 Å². The molecule has 0 aromatic rings. The Hall–Kier alpha value is -0.820. The molecule has 0 aromatic carbocycles. The van der Waals surface area contributed by atoms with E-state index in [1.807, 2.05) is 0 Å². The number of carbonyl (C=O) groups excluding carboxylic acids is 1. The lowest BCUT2D eigenvalue weighted by Crippen LogP contribution is -2.57. The van der Waals surface area contributed by atoms with Crippen LogP contribution in [0, 0.1) is 5.92 Å². The van der Waals surface area contributed by atoms with E-state index in [-0.39, 0.29) is 18.9 Å². The fourth-order valence-corrected chi connectivity index (χ4v) is 7.27. The molecule has 34 heavy (non-hydrogen) atoms. The summed E-state index contributed by atoms with van der Waals surface area (Å²) in [7, 11) is -3.52. The molecule has 3 heterocycles. The number of amides is 1. The summed E-state index contributed by atoms with van der Waals surface area (Å²) < 4.78 is 33.7. The molecule has 4 rings (SSSR count). The second-order valence-corrected chi connectivity index (χ2v) is 12.6. The monoisotopic (exact) mass is 502 g/mol. The van der Waals surface area contributed by atoms with Crippen molar-refractivity contribution in [3.63, 3.8) is 0 Å². The average Bonchev–Trinajstić information content (AvgIpc) is 3.11. The van der Waals surface area contributed by atoms with Gasteiger partial charge in [-0.1, -0.05) is 6.92 Å². The number of hydrogen-bond acceptors (Lipinski definition) is 8. The van der Waals surface area contributed by atoms with E-state index in [2.05, 4.69) is 21.9 Å². The van der Waals surface area contributed by atoms with Gasteiger partial charge in [-0.25, -0.2) is 13.1 Å². The molecule has 1 amide bonds. The fourth-order valence-electron chi connectivity index (χ4n) is 5.75. The minimum atomic E-state index is -3.52. The van der Waals surface area contributed by atoms with Gasteiger partial charge in [-0.15, -0.1) is 0 Å². The van der Waals surface area contributed by atoms with Crippen molar-refractivity contribution in [1.29, 1.82) is 0 Å². The molecule has 10 nitrogen and oxygen atoms in total. The van der Waals surface area contributed by atoms with E-state index >= 15 is 0 Å². The molecular formula is C23H42N4O6S. The van der Waals surface area contributed by atoms with Gasteiger partial charge in [-0.2, -0.15) is 0 Å². The largest absolute Gasteiger partial charge is 0.388 e. The van der Waals surface area contributed by atoms with Gasteiger partial charge in [0, 0.05) is 32.7 Å². The summed E-state index contributed by atoms with van der Waals surface area (Å²) in [5.41, 5.74) is 0. The number of nitrogens with zero attached hydrogens (tertiary/aromatic N) is 2. The maximum Gasteiger partial charge on any atom is 0.225 e. The normalized spacial score (nSPS) is 38.2. The minimum Gasteiger partial charge on any atom is -0.388 e. The van der Waals surface area contributed by atoms with Gasteiger partial charge >= 0.3 is 0 Å². The maximum absolute atomic E-state index is 12.9. The van der Waals surface area contributed by atoms with Crippen molar-refractivity contribution in [3.8, 4) is 0 Å². The van der Waals surface area contributed by atoms with E-state index in [1.165, 1.54) is 12.8 Å². The number of aliphatic hydroxyl groups is 2. The Kier molecular flexibility index (Phi) is 8.87. The van der Waals surface area contributed by atoms with Gasteiger partial charge in [0.25, 0.3) is 0 Å². The van der Waals surface area contributed by atoms with Crippen molar-refractivity contribution >= 4 is 15.9 Å². The predicted octanol–water partition coefficient (Wildman–Crippen LogP) is -0.392. The van der Waals surface area contributed by atoms with Crippen molar-refractivity contribution in [3.05, 3.63) is 0 Å². The molecule has 3 saturated heterocycles. The number of ether oxygens (including phenoxy) is 1. The summed E-state index contributed by atoms with van der Waals surface area (Å²) in [6, 6.07) is 0. The number of piperidine rings is 1. The van der Waals surface area contributed by atoms with Gasteiger partial charge in [0.15, 0.2) is 0 Å². The number of rotatable bonds is 7. The van der Waals surface area contributed by atoms with Gasteiger partial charge < -0.3 is 25.2 Å². The Labute approximate surface area is 203 Å². The van der Waals surface area contributed by atoms with Crippen LogP contribution in [0.5, 0.6) is 0 Å². The zero-order valence-electron chi connectivity index (χ0n) is 20.3. The van der Waals surface area contributed by atoms with Gasteiger partial charge in [-0.05, 0) is 57.4 Å². The lowest BCUT2D eigenvalue weighted by molar-refractivity contribution is -0.137. The second kappa shape index (κ2) is 11.5. The van der Waals surface area contributed by atoms with Crippen LogP contribution in [0.25, 0.3) is 0 Å². The second-order valence-electron chi connectivity index (χ2n) is 10.6. The Morgan fingerprint density at radius 2 is 1.68 bits per heavy atom. The van der Waals surface area contributed by atoms with Crippen molar-refractivity contribution < 1.29 is 28.2 Å². The molecule has 1 aliphatic carbocycles. The van der Waals surface area contributed by atoms with Crippen molar-refractivity contribution in [2.24, 2.45) is 5.92 Å². The van der Waals surface area contributed by atoms with E-state index in [1.54, 1.807) is 4.90 Å². The Morgan fingerprint density at radius 1 is 1.00 bits per heavy atom. The zero-order valence-corrected chi connectivity index (χ0v) is 21.1. The summed E-state index contributed by atoms with van der Waals surface area (Å²) >= 11 is 0. The predicted molar refractivity (Wildman–Crippen MR) is 127 cm³/mol. The summed E-state index contributed by atoms with van der Waals surface area (Å²) in [6.07, 6.45) is 2.83. The first-order valence-electron chi connectivity index (χ1n) is 13.0. The smallest absolute Gasteiger partial charge is 0.225 e. The van der Waals surface area contributed by atoms with Crippen LogP contribution in [0.4, 0.5) is 0 Å². The van der Waals surface area contributed by atoms with Crippen LogP contribution >= 0.6 is 0 Å². The van der Waals surface area contributed by atoms with Crippen LogP contribution in [0.2, 0.25) is 0 Å². The van der Waals surface area contributed by atoms with Gasteiger partial charge in [0.05, 0.1) is 23.9 Å². The molecule has 0 radical (unpaired) electrons. The quantitative estimate of drug-likeness (QED) is 0.370. The van der Waals surface area contributed by atoms with Gasteiger partial charge in [-0.3, -0.25) is 9.69 Å². The van der Waals surface area contributed by atoms with Crippen molar-refractivity contribution in [1.82, 2.24) is 19.8 Å². The van der Waals surface area contributed by atoms with Crippen LogP contribution in [-0.4, -0.2) is 109 Å². The van der Waals surface area contributed by atoms with Crippen LogP contribution in [0.15, 0.2) is 0 Å². The van der Waals surface area contributed by atoms with E-state index < -0.39 is 39.7 Å². The van der Waals surface area contributed by atoms with E-state index in [4.69, 9.17) is 4.74 Å². The Bertz CT molecular complexity index is 776. The number of piperazine rings is 1. The van der Waals surface area contributed by atoms with Crippen LogP contribution < -0.4 is 10.0 Å². The van der Waals surface area contributed by atoms with Crippen molar-refractivity contribution in [2.45, 2.75) is 94.1 Å². The Morgan fingerprint density at radius 3 is 2.32 bits per heavy atom. The van der Waals surface area contributed by atoms with Crippen LogP contribution in [-0.2, 0) is 19.6 Å². The summed E-state index contributed by atoms with van der Waals surface area (Å²) in [5.74, 6) is 0.442. The number of nitrogens with one attached hydrogen (secondary N) is 2. The highest BCUT2D eigenvalue weighted by atomic mass is 32.2. The molecule has 0 bridgehead atoms. The highest BCUT2D eigenvalue weighted by Crippen LogP contribution is 2.29. The first kappa shape index (κ1) is 26.2. The summed E-state index contributed by atoms with van der Waals surface area (Å²) in [6.45, 7) is 5.95. The highest BCUT2D eigenvalue weighted by molar-refractivity contribution is 7.90. The third-order valence-electron chi connectivity index (χ3n) is 8.12. The molecule has 1 unspecified atom stereocenters. The lowest BCUT2D eigenvalue weighted by atomic mass is 9.91. The van der Waals surface area contributed by atoms with E-state index in [9.17, 15) is 23.4 Å². The number of hydrogen-bond donors (Lipinski definition) is 4. The maximum atomic E-state index is 12.9. The van der Waals surface area contributed by atoms with E-state index in [0.29, 0.717) is 38.0 Å². The number of sulfonamides is 1. The third-order valence-corrected chi connectivity index (χ3v) is 10.0. The standard InChI is InChI=1S/C23H42N4O6S/c1-16-5-7-17(8-6-16)34(31,32)25-15-19-23(30)22(29)18(33-19)14-21(28)27-12-10-26(11-13-27)20-4-2-3-9-24-20/h16-20,22-25,29-30H,2-15H2,1H3/t16?,17?,18-,19-,20?,22-,23+/m0/s1. The summed E-state index contributed by atoms with van der Waals surface area (Å²) in [4.78, 5) is 17.0. The zero-order chi connectivity index (χ0) is 24.3. The number of aliphatic hydroxyl groups excluding tert-OH is 2. The molecule has 11 heteroatoms. The molecule has 1 saturated carbocycles. The SMILES string of the molecule is CC1CCC(S(=O)(=O)NC[C@@H]2O[C@@H](CC(=O)N3CCN(C4CCCCN4)CC3)[C@H](O)[C@@H]2O)CC1. The van der Waals surface area contributed by atoms with Crippen LogP contribution in [0.3, 0.4) is 0 Å².